The molecular formula is C30H36N2O9. The molecule has 0 aliphatic carbocycles. The molecule has 2 aliphatic heterocycles. The second kappa shape index (κ2) is 16.1. The summed E-state index contributed by atoms with van der Waals surface area (Å²) < 4.78 is 15.4. The summed E-state index contributed by atoms with van der Waals surface area (Å²) in [7, 11) is 0. The summed E-state index contributed by atoms with van der Waals surface area (Å²) in [5.74, 6) is -0.856. The first kappa shape index (κ1) is 31.3. The van der Waals surface area contributed by atoms with Gasteiger partial charge in [0.25, 0.3) is 0 Å². The zero-order chi connectivity index (χ0) is 29.6. The Labute approximate surface area is 239 Å². The van der Waals surface area contributed by atoms with Crippen molar-refractivity contribution in [2.45, 2.75) is 58.0 Å². The summed E-state index contributed by atoms with van der Waals surface area (Å²) in [6, 6.07) is 18.8. The number of likely N-dealkylation sites (tertiary alicyclic amines) is 2. The summed E-state index contributed by atoms with van der Waals surface area (Å²) in [6.45, 7) is 2.94. The van der Waals surface area contributed by atoms with Gasteiger partial charge < -0.3 is 29.1 Å². The van der Waals surface area contributed by atoms with E-state index < -0.39 is 30.4 Å². The van der Waals surface area contributed by atoms with E-state index in [1.54, 1.807) is 0 Å². The SMILES string of the molecule is CC(=O)OC1CCN(C(=O)OCc2ccccc2)CCC1=O.O=C1CCN(C(=O)OCc2ccccc2)CCC1O. The average molecular weight is 569 g/mol. The average Bonchev–Trinajstić information content (AvgIpc) is 3.27. The van der Waals surface area contributed by atoms with Crippen LogP contribution in [0.2, 0.25) is 0 Å². The molecule has 11 heteroatoms. The van der Waals surface area contributed by atoms with Crippen LogP contribution in [-0.2, 0) is 41.8 Å². The Bertz CT molecular complexity index is 1170. The Kier molecular flexibility index (Phi) is 12.3. The maximum Gasteiger partial charge on any atom is 0.410 e. The quantitative estimate of drug-likeness (QED) is 0.425. The van der Waals surface area contributed by atoms with E-state index in [2.05, 4.69) is 0 Å². The zero-order valence-electron chi connectivity index (χ0n) is 23.1. The molecule has 2 aliphatic rings. The first-order chi connectivity index (χ1) is 19.7. The predicted octanol–water partition coefficient (Wildman–Crippen LogP) is 3.27. The van der Waals surface area contributed by atoms with Crippen LogP contribution >= 0.6 is 0 Å². The van der Waals surface area contributed by atoms with Crippen molar-refractivity contribution in [2.75, 3.05) is 26.2 Å². The lowest BCUT2D eigenvalue weighted by molar-refractivity contribution is -0.152. The van der Waals surface area contributed by atoms with E-state index >= 15 is 0 Å². The molecule has 2 saturated heterocycles. The second-order valence-electron chi connectivity index (χ2n) is 9.68. The third-order valence-corrected chi connectivity index (χ3v) is 6.56. The molecule has 2 unspecified atom stereocenters. The molecule has 2 aromatic carbocycles. The molecule has 0 spiro atoms. The standard InChI is InChI=1S/C16H19NO5.C14H17NO4/c1-12(18)22-15-8-10-17(9-7-14(15)19)16(20)21-11-13-5-3-2-4-6-13;16-12-6-8-15(9-7-13(12)17)14(18)19-10-11-4-2-1-3-5-11/h2-6,15H,7-11H2,1H3;1-5,12,16H,6-10H2. The first-order valence-electron chi connectivity index (χ1n) is 13.5. The summed E-state index contributed by atoms with van der Waals surface area (Å²) in [6.07, 6.45) is -1.68. The second-order valence-corrected chi connectivity index (χ2v) is 9.68. The molecule has 0 saturated carbocycles. The van der Waals surface area contributed by atoms with E-state index in [1.165, 1.54) is 16.7 Å². The number of rotatable bonds is 5. The fraction of sp³-hybridized carbons (Fsp3) is 0.433. The normalized spacial score (nSPS) is 19.2. The number of hydrogen-bond donors (Lipinski definition) is 1. The highest BCUT2D eigenvalue weighted by Crippen LogP contribution is 2.14. The van der Waals surface area contributed by atoms with Gasteiger partial charge in [-0.25, -0.2) is 9.59 Å². The van der Waals surface area contributed by atoms with Crippen molar-refractivity contribution in [1.29, 1.82) is 0 Å². The third-order valence-electron chi connectivity index (χ3n) is 6.56. The summed E-state index contributed by atoms with van der Waals surface area (Å²) in [4.78, 5) is 61.0. The van der Waals surface area contributed by atoms with Gasteiger partial charge in [0.15, 0.2) is 17.7 Å². The van der Waals surface area contributed by atoms with Gasteiger partial charge in [-0.1, -0.05) is 60.7 Å². The summed E-state index contributed by atoms with van der Waals surface area (Å²) >= 11 is 0. The maximum atomic E-state index is 12.0. The van der Waals surface area contributed by atoms with Crippen LogP contribution in [0.1, 0.15) is 43.7 Å². The van der Waals surface area contributed by atoms with E-state index in [1.807, 2.05) is 60.7 Å². The minimum atomic E-state index is -0.952. The van der Waals surface area contributed by atoms with Gasteiger partial charge >= 0.3 is 18.2 Å². The van der Waals surface area contributed by atoms with E-state index in [4.69, 9.17) is 14.2 Å². The van der Waals surface area contributed by atoms with Gasteiger partial charge in [-0.2, -0.15) is 0 Å². The molecule has 41 heavy (non-hydrogen) atoms. The number of ketones is 2. The van der Waals surface area contributed by atoms with Gasteiger partial charge in [0.1, 0.15) is 19.3 Å². The van der Waals surface area contributed by atoms with E-state index in [0.29, 0.717) is 26.1 Å². The Morgan fingerprint density at radius 3 is 1.68 bits per heavy atom. The Morgan fingerprint density at radius 2 is 1.20 bits per heavy atom. The fourth-order valence-corrected chi connectivity index (χ4v) is 4.23. The molecule has 4 rings (SSSR count). The van der Waals surface area contributed by atoms with Crippen molar-refractivity contribution < 1.29 is 43.3 Å². The number of carbonyl (C=O) groups excluding carboxylic acids is 5. The topological polar surface area (TPSA) is 140 Å². The number of nitrogens with zero attached hydrogens (tertiary/aromatic N) is 2. The summed E-state index contributed by atoms with van der Waals surface area (Å²) in [5.41, 5.74) is 1.82. The molecule has 1 N–H and O–H groups in total. The van der Waals surface area contributed by atoms with Crippen molar-refractivity contribution in [1.82, 2.24) is 9.80 Å². The first-order valence-corrected chi connectivity index (χ1v) is 13.5. The molecular weight excluding hydrogens is 532 g/mol. The number of ether oxygens (including phenoxy) is 3. The highest BCUT2D eigenvalue weighted by Gasteiger charge is 2.29. The Hall–Kier alpha value is -4.25. The van der Waals surface area contributed by atoms with Crippen LogP contribution < -0.4 is 0 Å². The van der Waals surface area contributed by atoms with Crippen molar-refractivity contribution in [2.24, 2.45) is 0 Å². The monoisotopic (exact) mass is 568 g/mol. The van der Waals surface area contributed by atoms with Crippen molar-refractivity contribution in [3.8, 4) is 0 Å². The highest BCUT2D eigenvalue weighted by atomic mass is 16.6. The van der Waals surface area contributed by atoms with Crippen LogP contribution in [0.5, 0.6) is 0 Å². The molecule has 220 valence electrons. The van der Waals surface area contributed by atoms with Gasteiger partial charge in [0.2, 0.25) is 0 Å². The molecule has 2 fully saturated rings. The molecule has 2 atom stereocenters. The molecule has 0 bridgehead atoms. The van der Waals surface area contributed by atoms with Gasteiger partial charge in [-0.3, -0.25) is 14.4 Å². The van der Waals surface area contributed by atoms with Gasteiger partial charge in [0.05, 0.1) is 0 Å². The molecule has 0 radical (unpaired) electrons. The molecule has 11 nitrogen and oxygen atoms in total. The smallest absolute Gasteiger partial charge is 0.410 e. The third kappa shape index (κ3) is 10.7. The number of aliphatic hydroxyl groups excluding tert-OH is 1. The van der Waals surface area contributed by atoms with E-state index in [-0.39, 0.29) is 50.6 Å². The molecule has 2 aromatic rings. The van der Waals surface area contributed by atoms with Crippen LogP contribution in [0, 0.1) is 0 Å². The maximum absolute atomic E-state index is 12.0. The van der Waals surface area contributed by atoms with E-state index in [0.717, 1.165) is 11.1 Å². The van der Waals surface area contributed by atoms with Crippen molar-refractivity contribution in [3.63, 3.8) is 0 Å². The molecule has 2 amide bonds. The number of amides is 2. The van der Waals surface area contributed by atoms with Gasteiger partial charge in [-0.15, -0.1) is 0 Å². The summed E-state index contributed by atoms with van der Waals surface area (Å²) in [5, 5.41) is 9.44. The predicted molar refractivity (Wildman–Crippen MR) is 146 cm³/mol. The van der Waals surface area contributed by atoms with Crippen molar-refractivity contribution in [3.05, 3.63) is 71.8 Å². The minimum absolute atomic E-state index is 0.159. The largest absolute Gasteiger partial charge is 0.454 e. The number of benzene rings is 2. The van der Waals surface area contributed by atoms with Gasteiger partial charge in [0, 0.05) is 52.4 Å². The van der Waals surface area contributed by atoms with Gasteiger partial charge in [-0.05, 0) is 17.5 Å². The van der Waals surface area contributed by atoms with Crippen LogP contribution in [-0.4, -0.2) is 83.0 Å². The zero-order valence-corrected chi connectivity index (χ0v) is 23.1. The number of esters is 1. The Balaban J connectivity index is 0.000000228. The highest BCUT2D eigenvalue weighted by molar-refractivity contribution is 5.86. The van der Waals surface area contributed by atoms with Crippen LogP contribution in [0.15, 0.2) is 60.7 Å². The number of carbonyl (C=O) groups is 5. The van der Waals surface area contributed by atoms with Crippen LogP contribution in [0.25, 0.3) is 0 Å². The molecule has 0 aromatic heterocycles. The fourth-order valence-electron chi connectivity index (χ4n) is 4.23. The van der Waals surface area contributed by atoms with Crippen LogP contribution in [0.4, 0.5) is 9.59 Å². The van der Waals surface area contributed by atoms with Crippen molar-refractivity contribution >= 4 is 29.7 Å². The van der Waals surface area contributed by atoms with Crippen LogP contribution in [0.3, 0.4) is 0 Å². The lowest BCUT2D eigenvalue weighted by Crippen LogP contribution is -2.32. The number of Topliss-reactive ketones (excluding diaryl/α,β-unsaturated/α-hetero) is 2. The minimum Gasteiger partial charge on any atom is -0.454 e. The van der Waals surface area contributed by atoms with E-state index in [9.17, 15) is 29.1 Å². The number of aliphatic hydroxyl groups is 1. The lowest BCUT2D eigenvalue weighted by atomic mass is 10.1. The molecule has 2 heterocycles. The Morgan fingerprint density at radius 1 is 0.732 bits per heavy atom. The number of hydrogen-bond acceptors (Lipinski definition) is 9. The lowest BCUT2D eigenvalue weighted by Gasteiger charge is -2.19.